The van der Waals surface area contributed by atoms with Gasteiger partial charge in [-0.15, -0.1) is 0 Å². The standard InChI is InChI=1S/C16H22N4O2/c1-10(2)13(15-17-8-9-20(15)3)18-16(21)14-11-6-4-5-7-12(11)22-19-14/h8-10,13H,4-7H2,1-3H3,(H,18,21)/t13-/m1/s1. The van der Waals surface area contributed by atoms with Crippen molar-refractivity contribution >= 4 is 5.91 Å². The van der Waals surface area contributed by atoms with E-state index >= 15 is 0 Å². The molecular weight excluding hydrogens is 280 g/mol. The summed E-state index contributed by atoms with van der Waals surface area (Å²) in [6.45, 7) is 4.13. The van der Waals surface area contributed by atoms with Gasteiger partial charge in [0.1, 0.15) is 11.6 Å². The minimum Gasteiger partial charge on any atom is -0.360 e. The third-order valence-corrected chi connectivity index (χ3v) is 4.26. The molecule has 0 radical (unpaired) electrons. The molecule has 1 amide bonds. The topological polar surface area (TPSA) is 73.0 Å². The van der Waals surface area contributed by atoms with Gasteiger partial charge in [-0.2, -0.15) is 0 Å². The quantitative estimate of drug-likeness (QED) is 0.941. The van der Waals surface area contributed by atoms with Crippen molar-refractivity contribution in [3.05, 3.63) is 35.2 Å². The van der Waals surface area contributed by atoms with Crippen LogP contribution in [0.1, 0.15) is 60.4 Å². The van der Waals surface area contributed by atoms with E-state index in [-0.39, 0.29) is 17.9 Å². The highest BCUT2D eigenvalue weighted by Crippen LogP contribution is 2.25. The molecule has 2 aromatic rings. The van der Waals surface area contributed by atoms with Crippen LogP contribution in [-0.4, -0.2) is 20.6 Å². The van der Waals surface area contributed by atoms with Crippen molar-refractivity contribution in [2.24, 2.45) is 13.0 Å². The number of amides is 1. The fourth-order valence-electron chi connectivity index (χ4n) is 2.98. The van der Waals surface area contributed by atoms with Gasteiger partial charge in [-0.3, -0.25) is 4.79 Å². The lowest BCUT2D eigenvalue weighted by molar-refractivity contribution is 0.0912. The molecule has 6 nitrogen and oxygen atoms in total. The van der Waals surface area contributed by atoms with E-state index in [2.05, 4.69) is 29.3 Å². The Morgan fingerprint density at radius 2 is 2.14 bits per heavy atom. The minimum absolute atomic E-state index is 0.150. The maximum absolute atomic E-state index is 12.6. The Morgan fingerprint density at radius 1 is 1.36 bits per heavy atom. The molecule has 0 aliphatic heterocycles. The zero-order valence-corrected chi connectivity index (χ0v) is 13.3. The van der Waals surface area contributed by atoms with E-state index in [0.29, 0.717) is 5.69 Å². The van der Waals surface area contributed by atoms with Crippen LogP contribution in [-0.2, 0) is 19.9 Å². The number of aromatic nitrogens is 3. The fourth-order valence-corrected chi connectivity index (χ4v) is 2.98. The molecule has 118 valence electrons. The highest BCUT2D eigenvalue weighted by Gasteiger charge is 2.28. The first kappa shape index (κ1) is 14.8. The average Bonchev–Trinajstić information content (AvgIpc) is 3.10. The van der Waals surface area contributed by atoms with Crippen LogP contribution >= 0.6 is 0 Å². The smallest absolute Gasteiger partial charge is 0.274 e. The molecule has 0 bridgehead atoms. The van der Waals surface area contributed by atoms with Crippen molar-refractivity contribution in [2.75, 3.05) is 0 Å². The lowest BCUT2D eigenvalue weighted by Crippen LogP contribution is -2.34. The number of nitrogens with one attached hydrogen (secondary N) is 1. The summed E-state index contributed by atoms with van der Waals surface area (Å²) in [6.07, 6.45) is 7.56. The van der Waals surface area contributed by atoms with Gasteiger partial charge in [-0.25, -0.2) is 4.98 Å². The normalized spacial score (nSPS) is 15.6. The van der Waals surface area contributed by atoms with E-state index in [1.807, 2.05) is 17.8 Å². The van der Waals surface area contributed by atoms with Crippen molar-refractivity contribution in [1.29, 1.82) is 0 Å². The largest absolute Gasteiger partial charge is 0.360 e. The molecule has 1 N–H and O–H groups in total. The molecule has 2 aromatic heterocycles. The summed E-state index contributed by atoms with van der Waals surface area (Å²) >= 11 is 0. The molecule has 6 heteroatoms. The molecule has 0 unspecified atom stereocenters. The number of rotatable bonds is 4. The molecule has 22 heavy (non-hydrogen) atoms. The summed E-state index contributed by atoms with van der Waals surface area (Å²) in [5, 5.41) is 7.07. The number of imidazole rings is 1. The highest BCUT2D eigenvalue weighted by atomic mass is 16.5. The average molecular weight is 302 g/mol. The van der Waals surface area contributed by atoms with E-state index in [1.165, 1.54) is 0 Å². The Morgan fingerprint density at radius 3 is 2.82 bits per heavy atom. The van der Waals surface area contributed by atoms with Gasteiger partial charge in [-0.05, 0) is 25.2 Å². The van der Waals surface area contributed by atoms with E-state index in [0.717, 1.165) is 42.8 Å². The predicted molar refractivity (Wildman–Crippen MR) is 81.4 cm³/mol. The zero-order chi connectivity index (χ0) is 15.7. The number of carbonyl (C=O) groups is 1. The van der Waals surface area contributed by atoms with Gasteiger partial charge in [0.2, 0.25) is 0 Å². The minimum atomic E-state index is -0.173. The number of hydrogen-bond donors (Lipinski definition) is 1. The number of hydrogen-bond acceptors (Lipinski definition) is 4. The number of aryl methyl sites for hydroxylation is 2. The van der Waals surface area contributed by atoms with Crippen molar-refractivity contribution in [3.8, 4) is 0 Å². The molecule has 0 saturated carbocycles. The van der Waals surface area contributed by atoms with Crippen molar-refractivity contribution in [3.63, 3.8) is 0 Å². The van der Waals surface area contributed by atoms with Crippen LogP contribution in [0.4, 0.5) is 0 Å². The second-order valence-corrected chi connectivity index (χ2v) is 6.23. The Hall–Kier alpha value is -2.11. The van der Waals surface area contributed by atoms with Gasteiger partial charge in [0, 0.05) is 31.4 Å². The molecule has 0 fully saturated rings. The number of nitrogens with zero attached hydrogens (tertiary/aromatic N) is 3. The fraction of sp³-hybridized carbons (Fsp3) is 0.562. The first-order valence-corrected chi connectivity index (χ1v) is 7.83. The lowest BCUT2D eigenvalue weighted by atomic mass is 9.96. The van der Waals surface area contributed by atoms with Crippen LogP contribution in [0.2, 0.25) is 0 Å². The monoisotopic (exact) mass is 302 g/mol. The summed E-state index contributed by atoms with van der Waals surface area (Å²) in [6, 6.07) is -0.150. The predicted octanol–water partition coefficient (Wildman–Crippen LogP) is 2.41. The number of fused-ring (bicyclic) bond motifs is 1. The van der Waals surface area contributed by atoms with Crippen molar-refractivity contribution in [2.45, 2.75) is 45.6 Å². The van der Waals surface area contributed by atoms with E-state index in [1.54, 1.807) is 6.20 Å². The second kappa shape index (κ2) is 5.94. The van der Waals surface area contributed by atoms with E-state index in [9.17, 15) is 4.79 Å². The molecule has 0 aromatic carbocycles. The number of carbonyl (C=O) groups excluding carboxylic acids is 1. The summed E-state index contributed by atoms with van der Waals surface area (Å²) in [7, 11) is 1.93. The van der Waals surface area contributed by atoms with Gasteiger partial charge in [-0.1, -0.05) is 19.0 Å². The van der Waals surface area contributed by atoms with Gasteiger partial charge >= 0.3 is 0 Å². The Labute approximate surface area is 129 Å². The van der Waals surface area contributed by atoms with Crippen LogP contribution < -0.4 is 5.32 Å². The molecule has 0 spiro atoms. The Bertz CT molecular complexity index is 671. The molecule has 1 aliphatic carbocycles. The second-order valence-electron chi connectivity index (χ2n) is 6.23. The van der Waals surface area contributed by atoms with Crippen LogP contribution in [0.15, 0.2) is 16.9 Å². The van der Waals surface area contributed by atoms with Gasteiger partial charge in [0.05, 0.1) is 6.04 Å². The third kappa shape index (κ3) is 2.65. The van der Waals surface area contributed by atoms with Crippen molar-refractivity contribution < 1.29 is 9.32 Å². The summed E-state index contributed by atoms with van der Waals surface area (Å²) in [5.41, 5.74) is 1.42. The van der Waals surface area contributed by atoms with Crippen LogP contribution in [0.5, 0.6) is 0 Å². The van der Waals surface area contributed by atoms with Gasteiger partial charge in [0.25, 0.3) is 5.91 Å². The molecule has 0 saturated heterocycles. The van der Waals surface area contributed by atoms with E-state index in [4.69, 9.17) is 4.52 Å². The van der Waals surface area contributed by atoms with Crippen molar-refractivity contribution in [1.82, 2.24) is 20.0 Å². The first-order chi connectivity index (χ1) is 10.6. The summed E-state index contributed by atoms with van der Waals surface area (Å²) < 4.78 is 7.27. The molecule has 1 aliphatic rings. The summed E-state index contributed by atoms with van der Waals surface area (Å²) in [5.74, 6) is 1.77. The maximum atomic E-state index is 12.6. The van der Waals surface area contributed by atoms with Gasteiger partial charge < -0.3 is 14.4 Å². The van der Waals surface area contributed by atoms with Crippen LogP contribution in [0, 0.1) is 5.92 Å². The Balaban J connectivity index is 1.83. The molecular formula is C16H22N4O2. The maximum Gasteiger partial charge on any atom is 0.274 e. The van der Waals surface area contributed by atoms with Gasteiger partial charge in [0.15, 0.2) is 5.69 Å². The third-order valence-electron chi connectivity index (χ3n) is 4.26. The van der Waals surface area contributed by atoms with Crippen LogP contribution in [0.25, 0.3) is 0 Å². The Kier molecular flexibility index (Phi) is 4.00. The lowest BCUT2D eigenvalue weighted by Gasteiger charge is -2.22. The highest BCUT2D eigenvalue weighted by molar-refractivity contribution is 5.94. The molecule has 2 heterocycles. The van der Waals surface area contributed by atoms with E-state index < -0.39 is 0 Å². The SMILES string of the molecule is CC(C)[C@@H](NC(=O)c1noc2c1CCCC2)c1nccn1C. The molecule has 3 rings (SSSR count). The summed E-state index contributed by atoms with van der Waals surface area (Å²) in [4.78, 5) is 17.0. The molecule has 1 atom stereocenters. The first-order valence-electron chi connectivity index (χ1n) is 7.83. The van der Waals surface area contributed by atoms with Crippen LogP contribution in [0.3, 0.4) is 0 Å². The zero-order valence-electron chi connectivity index (χ0n) is 13.3.